The number of hydrogen-bond donors (Lipinski definition) is 1. The Bertz CT molecular complexity index is 443. The predicted molar refractivity (Wildman–Crippen MR) is 60.1 cm³/mol. The first-order chi connectivity index (χ1) is 6.22. The first-order valence-electron chi connectivity index (χ1n) is 4.49. The molecule has 1 aromatic heterocycles. The van der Waals surface area contributed by atoms with Gasteiger partial charge in [0.25, 0.3) is 0 Å². The Morgan fingerprint density at radius 1 is 1.38 bits per heavy atom. The van der Waals surface area contributed by atoms with Crippen molar-refractivity contribution in [2.75, 3.05) is 0 Å². The Labute approximate surface area is 86.3 Å². The highest BCUT2D eigenvalue weighted by atomic mass is 79.9. The second-order valence-corrected chi connectivity index (χ2v) is 4.19. The molecule has 0 aliphatic carbocycles. The molecule has 0 bridgehead atoms. The Hall–Kier alpha value is -0.760. The van der Waals surface area contributed by atoms with Crippen LogP contribution in [0.25, 0.3) is 10.9 Å². The number of H-pyrrole nitrogens is 1. The molecule has 1 nitrogen and oxygen atoms in total. The van der Waals surface area contributed by atoms with E-state index in [-0.39, 0.29) is 0 Å². The number of hydrogen-bond acceptors (Lipinski definition) is 0. The maximum absolute atomic E-state index is 3.49. The summed E-state index contributed by atoms with van der Waals surface area (Å²) in [7, 11) is 0. The molecule has 0 fully saturated rings. The molecule has 0 aliphatic rings. The van der Waals surface area contributed by atoms with Gasteiger partial charge in [0.15, 0.2) is 0 Å². The molecule has 0 unspecified atom stereocenters. The number of aryl methyl sites for hydroxylation is 2. The molecule has 13 heavy (non-hydrogen) atoms. The van der Waals surface area contributed by atoms with E-state index in [2.05, 4.69) is 53.0 Å². The van der Waals surface area contributed by atoms with Crippen LogP contribution >= 0.6 is 15.9 Å². The lowest BCUT2D eigenvalue weighted by molar-refractivity contribution is 1.11. The summed E-state index contributed by atoms with van der Waals surface area (Å²) >= 11 is 3.49. The molecule has 0 amide bonds. The van der Waals surface area contributed by atoms with Gasteiger partial charge in [0.1, 0.15) is 0 Å². The van der Waals surface area contributed by atoms with E-state index in [1.807, 2.05) is 0 Å². The highest BCUT2D eigenvalue weighted by Gasteiger charge is 2.05. The maximum Gasteiger partial charge on any atom is 0.0459 e. The lowest BCUT2D eigenvalue weighted by Gasteiger charge is -1.95. The van der Waals surface area contributed by atoms with E-state index in [9.17, 15) is 0 Å². The second-order valence-electron chi connectivity index (χ2n) is 3.27. The van der Waals surface area contributed by atoms with Crippen molar-refractivity contribution in [2.45, 2.75) is 20.3 Å². The Kier molecular flexibility index (Phi) is 2.16. The van der Waals surface area contributed by atoms with Crippen molar-refractivity contribution in [3.05, 3.63) is 33.9 Å². The second kappa shape index (κ2) is 3.18. The molecule has 1 heterocycles. The van der Waals surface area contributed by atoms with Crippen LogP contribution in [0.15, 0.2) is 22.7 Å². The van der Waals surface area contributed by atoms with E-state index >= 15 is 0 Å². The number of aromatic amines is 1. The van der Waals surface area contributed by atoms with Crippen molar-refractivity contribution >= 4 is 26.8 Å². The molecule has 0 saturated heterocycles. The van der Waals surface area contributed by atoms with Crippen LogP contribution in [0.2, 0.25) is 0 Å². The van der Waals surface area contributed by atoms with E-state index in [0.29, 0.717) is 0 Å². The summed E-state index contributed by atoms with van der Waals surface area (Å²) in [6.07, 6.45) is 1.09. The van der Waals surface area contributed by atoms with Crippen LogP contribution in [0.3, 0.4) is 0 Å². The molecule has 0 spiro atoms. The summed E-state index contributed by atoms with van der Waals surface area (Å²) in [5, 5.41) is 1.34. The van der Waals surface area contributed by atoms with Gasteiger partial charge in [0.05, 0.1) is 0 Å². The molecule has 0 radical (unpaired) electrons. The average Bonchev–Trinajstić information content (AvgIpc) is 2.40. The lowest BCUT2D eigenvalue weighted by atomic mass is 10.1. The SMILES string of the molecule is CCc1c(C)[nH]c2ccc(Br)cc12. The minimum absolute atomic E-state index is 1.09. The van der Waals surface area contributed by atoms with Gasteiger partial charge in [0, 0.05) is 21.1 Å². The predicted octanol–water partition coefficient (Wildman–Crippen LogP) is 3.80. The lowest BCUT2D eigenvalue weighted by Crippen LogP contribution is -1.80. The van der Waals surface area contributed by atoms with Gasteiger partial charge >= 0.3 is 0 Å². The smallest absolute Gasteiger partial charge is 0.0459 e. The van der Waals surface area contributed by atoms with Gasteiger partial charge < -0.3 is 4.98 Å². The van der Waals surface area contributed by atoms with Crippen molar-refractivity contribution in [2.24, 2.45) is 0 Å². The molecule has 0 aliphatic heterocycles. The summed E-state index contributed by atoms with van der Waals surface area (Å²) in [6, 6.07) is 6.36. The third-order valence-electron chi connectivity index (χ3n) is 2.44. The van der Waals surface area contributed by atoms with Gasteiger partial charge in [0.2, 0.25) is 0 Å². The summed E-state index contributed by atoms with van der Waals surface area (Å²) in [6.45, 7) is 4.32. The molecule has 0 saturated carbocycles. The summed E-state index contributed by atoms with van der Waals surface area (Å²) in [4.78, 5) is 3.38. The van der Waals surface area contributed by atoms with Gasteiger partial charge in [-0.25, -0.2) is 0 Å². The van der Waals surface area contributed by atoms with Gasteiger partial charge in [-0.2, -0.15) is 0 Å². The molecule has 1 N–H and O–H groups in total. The van der Waals surface area contributed by atoms with Crippen LogP contribution < -0.4 is 0 Å². The first-order valence-corrected chi connectivity index (χ1v) is 5.28. The first kappa shape index (κ1) is 8.82. The number of benzene rings is 1. The van der Waals surface area contributed by atoms with Crippen LogP contribution in [0.4, 0.5) is 0 Å². The minimum atomic E-state index is 1.09. The fourth-order valence-corrected chi connectivity index (χ4v) is 2.17. The maximum atomic E-state index is 3.49. The number of rotatable bonds is 1. The zero-order valence-electron chi connectivity index (χ0n) is 7.82. The molecule has 2 aromatic rings. The molecule has 68 valence electrons. The monoisotopic (exact) mass is 237 g/mol. The Morgan fingerprint density at radius 2 is 2.15 bits per heavy atom. The third kappa shape index (κ3) is 1.39. The highest BCUT2D eigenvalue weighted by Crippen LogP contribution is 2.25. The van der Waals surface area contributed by atoms with Crippen LogP contribution in [-0.2, 0) is 6.42 Å². The summed E-state index contributed by atoms with van der Waals surface area (Å²) in [5.74, 6) is 0. The van der Waals surface area contributed by atoms with E-state index < -0.39 is 0 Å². The highest BCUT2D eigenvalue weighted by molar-refractivity contribution is 9.10. The number of fused-ring (bicyclic) bond motifs is 1. The molecular weight excluding hydrogens is 226 g/mol. The van der Waals surface area contributed by atoms with Gasteiger partial charge in [-0.05, 0) is 37.1 Å². The van der Waals surface area contributed by atoms with Crippen LogP contribution in [0.1, 0.15) is 18.2 Å². The van der Waals surface area contributed by atoms with E-state index in [0.717, 1.165) is 10.9 Å². The topological polar surface area (TPSA) is 15.8 Å². The summed E-state index contributed by atoms with van der Waals surface area (Å²) < 4.78 is 1.15. The molecule has 2 heteroatoms. The van der Waals surface area contributed by atoms with Crippen molar-refractivity contribution < 1.29 is 0 Å². The molecule has 0 atom stereocenters. The van der Waals surface area contributed by atoms with Gasteiger partial charge in [-0.3, -0.25) is 0 Å². The fraction of sp³-hybridized carbons (Fsp3) is 0.273. The summed E-state index contributed by atoms with van der Waals surface area (Å²) in [5.41, 5.74) is 3.95. The molecule has 2 rings (SSSR count). The van der Waals surface area contributed by atoms with Crippen molar-refractivity contribution in [1.29, 1.82) is 0 Å². The van der Waals surface area contributed by atoms with Crippen molar-refractivity contribution in [3.63, 3.8) is 0 Å². The number of halogens is 1. The normalized spacial score (nSPS) is 11.0. The average molecular weight is 238 g/mol. The third-order valence-corrected chi connectivity index (χ3v) is 2.93. The minimum Gasteiger partial charge on any atom is -0.358 e. The van der Waals surface area contributed by atoms with Gasteiger partial charge in [-0.15, -0.1) is 0 Å². The van der Waals surface area contributed by atoms with E-state index in [4.69, 9.17) is 0 Å². The van der Waals surface area contributed by atoms with Gasteiger partial charge in [-0.1, -0.05) is 22.9 Å². The van der Waals surface area contributed by atoms with Crippen LogP contribution in [0.5, 0.6) is 0 Å². The molecule has 1 aromatic carbocycles. The quantitative estimate of drug-likeness (QED) is 0.777. The van der Waals surface area contributed by atoms with Crippen molar-refractivity contribution in [3.8, 4) is 0 Å². The van der Waals surface area contributed by atoms with Crippen LogP contribution in [-0.4, -0.2) is 4.98 Å². The fourth-order valence-electron chi connectivity index (χ4n) is 1.81. The van der Waals surface area contributed by atoms with Crippen LogP contribution in [0, 0.1) is 6.92 Å². The van der Waals surface area contributed by atoms with Crippen molar-refractivity contribution in [1.82, 2.24) is 4.98 Å². The zero-order valence-corrected chi connectivity index (χ0v) is 9.40. The van der Waals surface area contributed by atoms with E-state index in [1.54, 1.807) is 0 Å². The number of nitrogens with one attached hydrogen (secondary N) is 1. The number of aromatic nitrogens is 1. The zero-order chi connectivity index (χ0) is 9.42. The standard InChI is InChI=1S/C11H12BrN/c1-3-9-7(2)13-11-5-4-8(12)6-10(9)11/h4-6,13H,3H2,1-2H3. The largest absolute Gasteiger partial charge is 0.358 e. The Morgan fingerprint density at radius 3 is 2.85 bits per heavy atom. The molecular formula is C11H12BrN. The Balaban J connectivity index is 2.80. The van der Waals surface area contributed by atoms with E-state index in [1.165, 1.54) is 22.2 Å².